The topological polar surface area (TPSA) is 109 Å². The largest absolute Gasteiger partial charge is 0.504 e. The highest BCUT2D eigenvalue weighted by atomic mass is 32.2. The van der Waals surface area contributed by atoms with Crippen LogP contribution in [0.25, 0.3) is 22.4 Å². The smallest absolute Gasteiger partial charge is 0.321 e. The fourth-order valence-electron chi connectivity index (χ4n) is 2.73. The van der Waals surface area contributed by atoms with Crippen molar-refractivity contribution in [3.05, 3.63) is 48.0 Å². The van der Waals surface area contributed by atoms with Crippen LogP contribution < -0.4 is 15.4 Å². The molecule has 0 fully saturated rings. The van der Waals surface area contributed by atoms with Gasteiger partial charge in [0.1, 0.15) is 5.52 Å². The molecular formula is C19H17N5O3S. The number of nitrogens with zero attached hydrogens (tertiary/aromatic N) is 3. The molecular weight excluding hydrogens is 378 g/mol. The van der Waals surface area contributed by atoms with Crippen molar-refractivity contribution in [1.29, 1.82) is 0 Å². The molecule has 0 saturated carbocycles. The maximum Gasteiger partial charge on any atom is 0.321 e. The van der Waals surface area contributed by atoms with E-state index in [2.05, 4.69) is 25.6 Å². The third kappa shape index (κ3) is 3.84. The number of methoxy groups -OCH3 is 1. The van der Waals surface area contributed by atoms with Gasteiger partial charge in [-0.15, -0.1) is 11.8 Å². The molecule has 2 aromatic heterocycles. The normalized spacial score (nSPS) is 15.5. The van der Waals surface area contributed by atoms with E-state index in [0.29, 0.717) is 28.4 Å². The van der Waals surface area contributed by atoms with Crippen LogP contribution >= 0.6 is 11.8 Å². The first-order valence-electron chi connectivity index (χ1n) is 8.51. The number of anilines is 1. The fourth-order valence-corrected chi connectivity index (χ4v) is 3.54. The molecule has 3 heterocycles. The highest BCUT2D eigenvalue weighted by molar-refractivity contribution is 8.02. The van der Waals surface area contributed by atoms with Gasteiger partial charge in [-0.25, -0.2) is 19.7 Å². The minimum atomic E-state index is -0.339. The molecule has 0 aliphatic carbocycles. The second-order valence-corrected chi connectivity index (χ2v) is 7.13. The number of fused-ring (bicyclic) bond motifs is 1. The molecule has 1 atom stereocenters. The van der Waals surface area contributed by atoms with E-state index in [0.717, 1.165) is 12.0 Å². The molecule has 0 bridgehead atoms. The number of hydrogen-bond donors (Lipinski definition) is 3. The second kappa shape index (κ2) is 7.73. The minimum absolute atomic E-state index is 0.0302. The number of aromatic hydroxyl groups is 1. The number of phenolic OH excluding ortho intramolecular Hbond substituents is 1. The molecule has 9 heteroatoms. The molecule has 1 aliphatic heterocycles. The van der Waals surface area contributed by atoms with Crippen molar-refractivity contribution >= 4 is 34.8 Å². The van der Waals surface area contributed by atoms with Gasteiger partial charge in [0, 0.05) is 5.56 Å². The quantitative estimate of drug-likeness (QED) is 0.620. The Hall–Kier alpha value is -3.33. The zero-order chi connectivity index (χ0) is 19.5. The Morgan fingerprint density at radius 1 is 1.29 bits per heavy atom. The Kier molecular flexibility index (Phi) is 4.98. The molecule has 0 spiro atoms. The predicted octanol–water partition coefficient (Wildman–Crippen LogP) is 3.50. The molecule has 0 radical (unpaired) electrons. The van der Waals surface area contributed by atoms with Crippen LogP contribution in [0.4, 0.5) is 10.6 Å². The van der Waals surface area contributed by atoms with E-state index in [1.54, 1.807) is 36.0 Å². The van der Waals surface area contributed by atoms with Crippen LogP contribution in [-0.4, -0.2) is 38.6 Å². The number of rotatable bonds is 4. The van der Waals surface area contributed by atoms with Gasteiger partial charge in [-0.3, -0.25) is 5.32 Å². The summed E-state index contributed by atoms with van der Waals surface area (Å²) in [5.74, 6) is 0.727. The van der Waals surface area contributed by atoms with Gasteiger partial charge in [-0.05, 0) is 42.2 Å². The van der Waals surface area contributed by atoms with Crippen molar-refractivity contribution in [2.45, 2.75) is 11.8 Å². The van der Waals surface area contributed by atoms with E-state index in [4.69, 9.17) is 4.74 Å². The van der Waals surface area contributed by atoms with Crippen LogP contribution in [0.2, 0.25) is 0 Å². The summed E-state index contributed by atoms with van der Waals surface area (Å²) in [4.78, 5) is 25.3. The monoisotopic (exact) mass is 395 g/mol. The van der Waals surface area contributed by atoms with Crippen LogP contribution in [0.3, 0.4) is 0 Å². The number of carbonyl (C=O) groups excluding carboxylic acids is 1. The van der Waals surface area contributed by atoms with Gasteiger partial charge < -0.3 is 15.2 Å². The van der Waals surface area contributed by atoms with Crippen molar-refractivity contribution in [2.24, 2.45) is 0 Å². The lowest BCUT2D eigenvalue weighted by Gasteiger charge is -2.12. The molecule has 28 heavy (non-hydrogen) atoms. The van der Waals surface area contributed by atoms with Gasteiger partial charge in [0.2, 0.25) is 0 Å². The van der Waals surface area contributed by atoms with Crippen LogP contribution in [-0.2, 0) is 0 Å². The summed E-state index contributed by atoms with van der Waals surface area (Å²) >= 11 is 1.56. The van der Waals surface area contributed by atoms with Crippen molar-refractivity contribution in [3.63, 3.8) is 0 Å². The van der Waals surface area contributed by atoms with Crippen molar-refractivity contribution in [2.75, 3.05) is 12.4 Å². The zero-order valence-corrected chi connectivity index (χ0v) is 15.7. The van der Waals surface area contributed by atoms with E-state index in [1.165, 1.54) is 13.3 Å². The zero-order valence-electron chi connectivity index (χ0n) is 14.9. The summed E-state index contributed by atoms with van der Waals surface area (Å²) in [6.45, 7) is 0. The lowest BCUT2D eigenvalue weighted by molar-refractivity contribution is 0.251. The molecule has 4 rings (SSSR count). The van der Waals surface area contributed by atoms with Crippen LogP contribution in [0.15, 0.2) is 48.0 Å². The summed E-state index contributed by atoms with van der Waals surface area (Å²) in [7, 11) is 1.49. The van der Waals surface area contributed by atoms with E-state index < -0.39 is 0 Å². The highest BCUT2D eigenvalue weighted by Gasteiger charge is 2.15. The molecule has 1 aromatic carbocycles. The number of pyridine rings is 1. The van der Waals surface area contributed by atoms with Gasteiger partial charge >= 0.3 is 6.03 Å². The molecule has 3 N–H and O–H groups in total. The molecule has 142 valence electrons. The first-order chi connectivity index (χ1) is 13.6. The van der Waals surface area contributed by atoms with Gasteiger partial charge in [0.15, 0.2) is 23.0 Å². The fraction of sp³-hybridized carbons (Fsp3) is 0.158. The third-order valence-corrected chi connectivity index (χ3v) is 5.09. The number of nitrogens with one attached hydrogen (secondary N) is 2. The number of carbonyl (C=O) groups is 1. The molecule has 3 aromatic rings. The van der Waals surface area contributed by atoms with Gasteiger partial charge in [-0.1, -0.05) is 6.08 Å². The summed E-state index contributed by atoms with van der Waals surface area (Å²) in [5, 5.41) is 17.3. The summed E-state index contributed by atoms with van der Waals surface area (Å²) in [5.41, 5.74) is 2.42. The number of aromatic nitrogens is 3. The van der Waals surface area contributed by atoms with Crippen molar-refractivity contribution in [3.8, 4) is 22.8 Å². The summed E-state index contributed by atoms with van der Waals surface area (Å²) in [6.07, 6.45) is 4.30. The molecule has 8 nitrogen and oxygen atoms in total. The number of phenols is 1. The number of hydrogen-bond acceptors (Lipinski definition) is 7. The van der Waals surface area contributed by atoms with Crippen LogP contribution in [0.5, 0.6) is 11.5 Å². The molecule has 1 unspecified atom stereocenters. The number of thioether (sulfide) groups is 1. The Morgan fingerprint density at radius 3 is 2.96 bits per heavy atom. The third-order valence-electron chi connectivity index (χ3n) is 4.11. The van der Waals surface area contributed by atoms with Crippen LogP contribution in [0.1, 0.15) is 6.42 Å². The Balaban J connectivity index is 1.57. The Bertz CT molecular complexity index is 1060. The average Bonchev–Trinajstić information content (AvgIpc) is 3.20. The first-order valence-corrected chi connectivity index (χ1v) is 9.46. The lowest BCUT2D eigenvalue weighted by Crippen LogP contribution is -2.34. The number of benzene rings is 1. The molecule has 1 aliphatic rings. The van der Waals surface area contributed by atoms with Crippen molar-refractivity contribution < 1.29 is 14.6 Å². The van der Waals surface area contributed by atoms with Crippen molar-refractivity contribution in [1.82, 2.24) is 20.3 Å². The van der Waals surface area contributed by atoms with E-state index >= 15 is 0 Å². The van der Waals surface area contributed by atoms with Gasteiger partial charge in [0.05, 0.1) is 24.4 Å². The van der Waals surface area contributed by atoms with E-state index in [1.807, 2.05) is 17.6 Å². The number of ether oxygens (including phenoxy) is 1. The Morgan fingerprint density at radius 2 is 2.18 bits per heavy atom. The SMILES string of the molecule is COc1cc(-c2ccc3ncc(NC(=O)NC4CC=CS4)nc3n2)ccc1O. The highest BCUT2D eigenvalue weighted by Crippen LogP contribution is 2.31. The number of amides is 2. The lowest BCUT2D eigenvalue weighted by atomic mass is 10.1. The summed E-state index contributed by atoms with van der Waals surface area (Å²) in [6, 6.07) is 8.25. The number of urea groups is 1. The summed E-state index contributed by atoms with van der Waals surface area (Å²) < 4.78 is 5.15. The first kappa shape index (κ1) is 18.1. The maximum atomic E-state index is 12.1. The minimum Gasteiger partial charge on any atom is -0.504 e. The maximum absolute atomic E-state index is 12.1. The van der Waals surface area contributed by atoms with Gasteiger partial charge in [0.25, 0.3) is 0 Å². The van der Waals surface area contributed by atoms with Gasteiger partial charge in [-0.2, -0.15) is 0 Å². The van der Waals surface area contributed by atoms with E-state index in [-0.39, 0.29) is 17.2 Å². The molecule has 2 amide bonds. The van der Waals surface area contributed by atoms with Crippen LogP contribution in [0, 0.1) is 0 Å². The molecule has 0 saturated heterocycles. The second-order valence-electron chi connectivity index (χ2n) is 6.01. The standard InChI is InChI=1S/C19H17N5O3S/c1-27-15-9-11(4-7-14(15)25)12-5-6-13-18(21-12)22-16(10-20-13)23-19(26)24-17-3-2-8-28-17/h2,4-10,17,25H,3H2,1H3,(H2,21,22,23,24,26). The predicted molar refractivity (Wildman–Crippen MR) is 108 cm³/mol. The Labute approximate surface area is 165 Å². The van der Waals surface area contributed by atoms with E-state index in [9.17, 15) is 9.90 Å². The average molecular weight is 395 g/mol.